The van der Waals surface area contributed by atoms with Gasteiger partial charge in [0.1, 0.15) is 0 Å². The molecule has 0 aliphatic carbocycles. The fourth-order valence-electron chi connectivity index (χ4n) is 3.26. The van der Waals surface area contributed by atoms with Gasteiger partial charge in [-0.25, -0.2) is 8.42 Å². The molecule has 3 rings (SSSR count). The highest BCUT2D eigenvalue weighted by Crippen LogP contribution is 2.32. The van der Waals surface area contributed by atoms with Gasteiger partial charge in [-0.2, -0.15) is 0 Å². The summed E-state index contributed by atoms with van der Waals surface area (Å²) in [6.07, 6.45) is 4.23. The van der Waals surface area contributed by atoms with Gasteiger partial charge in [0, 0.05) is 0 Å². The van der Waals surface area contributed by atoms with Gasteiger partial charge in [0.05, 0.1) is 16.6 Å². The third-order valence-corrected chi connectivity index (χ3v) is 5.99. The molecule has 2 aromatic rings. The Hall–Kier alpha value is -2.11. The molecule has 1 saturated heterocycles. The second-order valence-corrected chi connectivity index (χ2v) is 8.11. The maximum Gasteiger partial charge on any atom is 0.261 e. The summed E-state index contributed by atoms with van der Waals surface area (Å²) in [5.74, 6) is 0. The highest BCUT2D eigenvalue weighted by atomic mass is 32.2. The van der Waals surface area contributed by atoms with Gasteiger partial charge in [-0.05, 0) is 56.6 Å². The summed E-state index contributed by atoms with van der Waals surface area (Å²) in [6.45, 7) is 7.92. The molecule has 1 aliphatic heterocycles. The zero-order chi connectivity index (χ0) is 17.9. The molecule has 1 atom stereocenters. The van der Waals surface area contributed by atoms with E-state index in [4.69, 9.17) is 0 Å². The van der Waals surface area contributed by atoms with Crippen LogP contribution in [0.25, 0.3) is 0 Å². The molecule has 0 radical (unpaired) electrons. The number of hydrogen-bond donors (Lipinski definition) is 1. The SMILES string of the molecule is C=C[C@@H](c1ccccc1NS(=O)(=O)c1ccc(C)cc1)N1CCCC1. The molecule has 1 heterocycles. The molecule has 4 nitrogen and oxygen atoms in total. The average Bonchev–Trinajstić information content (AvgIpc) is 3.11. The van der Waals surface area contributed by atoms with Crippen LogP contribution in [0, 0.1) is 6.92 Å². The van der Waals surface area contributed by atoms with Gasteiger partial charge in [-0.15, -0.1) is 6.58 Å². The highest BCUT2D eigenvalue weighted by Gasteiger charge is 2.24. The number of anilines is 1. The first-order valence-corrected chi connectivity index (χ1v) is 10.0. The Balaban J connectivity index is 1.92. The van der Waals surface area contributed by atoms with Crippen LogP contribution in [0.2, 0.25) is 0 Å². The standard InChI is InChI=1S/C20H24N2O2S/c1-3-20(22-14-6-7-15-22)18-8-4-5-9-19(18)21-25(23,24)17-12-10-16(2)11-13-17/h3-5,8-13,20-21H,1,6-7,14-15H2,2H3/t20-/m0/s1. The molecular formula is C20H24N2O2S. The van der Waals surface area contributed by atoms with Gasteiger partial charge >= 0.3 is 0 Å². The predicted molar refractivity (Wildman–Crippen MR) is 102 cm³/mol. The van der Waals surface area contributed by atoms with Gasteiger partial charge in [0.15, 0.2) is 0 Å². The van der Waals surface area contributed by atoms with Crippen molar-refractivity contribution in [3.8, 4) is 0 Å². The van der Waals surface area contributed by atoms with Crippen molar-refractivity contribution in [2.24, 2.45) is 0 Å². The number of sulfonamides is 1. The molecule has 0 aromatic heterocycles. The summed E-state index contributed by atoms with van der Waals surface area (Å²) in [7, 11) is -3.62. The average molecular weight is 356 g/mol. The zero-order valence-corrected chi connectivity index (χ0v) is 15.3. The Morgan fingerprint density at radius 2 is 1.72 bits per heavy atom. The summed E-state index contributed by atoms with van der Waals surface area (Å²) < 4.78 is 28.3. The number of rotatable bonds is 6. The summed E-state index contributed by atoms with van der Waals surface area (Å²) in [5.41, 5.74) is 2.58. The van der Waals surface area contributed by atoms with Crippen molar-refractivity contribution in [2.75, 3.05) is 17.8 Å². The van der Waals surface area contributed by atoms with Crippen molar-refractivity contribution in [1.82, 2.24) is 4.90 Å². The number of para-hydroxylation sites is 1. The van der Waals surface area contributed by atoms with Gasteiger partial charge in [0.25, 0.3) is 10.0 Å². The zero-order valence-electron chi connectivity index (χ0n) is 14.5. The first kappa shape index (κ1) is 17.7. The first-order valence-electron chi connectivity index (χ1n) is 8.56. The van der Waals surface area contributed by atoms with Crippen LogP contribution < -0.4 is 4.72 Å². The number of nitrogens with one attached hydrogen (secondary N) is 1. The fourth-order valence-corrected chi connectivity index (χ4v) is 4.35. The number of hydrogen-bond acceptors (Lipinski definition) is 3. The van der Waals surface area contributed by atoms with Crippen LogP contribution in [0.3, 0.4) is 0 Å². The maximum atomic E-state index is 12.7. The number of likely N-dealkylation sites (tertiary alicyclic amines) is 1. The molecule has 1 fully saturated rings. The number of benzene rings is 2. The van der Waals surface area contributed by atoms with Crippen molar-refractivity contribution in [1.29, 1.82) is 0 Å². The highest BCUT2D eigenvalue weighted by molar-refractivity contribution is 7.92. The topological polar surface area (TPSA) is 49.4 Å². The lowest BCUT2D eigenvalue weighted by atomic mass is 10.0. The lowest BCUT2D eigenvalue weighted by Gasteiger charge is -2.27. The molecule has 132 valence electrons. The van der Waals surface area contributed by atoms with Crippen molar-refractivity contribution < 1.29 is 8.42 Å². The Labute approximate surface area is 150 Å². The van der Waals surface area contributed by atoms with E-state index in [-0.39, 0.29) is 10.9 Å². The number of aryl methyl sites for hydroxylation is 1. The molecule has 0 bridgehead atoms. The second-order valence-electron chi connectivity index (χ2n) is 6.43. The molecule has 1 N–H and O–H groups in total. The molecule has 0 saturated carbocycles. The fraction of sp³-hybridized carbons (Fsp3) is 0.300. The molecule has 0 spiro atoms. The lowest BCUT2D eigenvalue weighted by molar-refractivity contribution is 0.289. The van der Waals surface area contributed by atoms with E-state index in [1.165, 1.54) is 12.8 Å². The van der Waals surface area contributed by atoms with E-state index in [2.05, 4.69) is 16.2 Å². The molecular weight excluding hydrogens is 332 g/mol. The number of nitrogens with zero attached hydrogens (tertiary/aromatic N) is 1. The summed E-state index contributed by atoms with van der Waals surface area (Å²) in [4.78, 5) is 2.61. The Morgan fingerprint density at radius 3 is 2.36 bits per heavy atom. The monoisotopic (exact) mass is 356 g/mol. The van der Waals surface area contributed by atoms with Crippen molar-refractivity contribution in [2.45, 2.75) is 30.7 Å². The minimum atomic E-state index is -3.62. The smallest absolute Gasteiger partial charge is 0.261 e. The Morgan fingerprint density at radius 1 is 1.08 bits per heavy atom. The minimum Gasteiger partial charge on any atom is -0.293 e. The van der Waals surface area contributed by atoms with Crippen LogP contribution in [-0.4, -0.2) is 26.4 Å². The van der Waals surface area contributed by atoms with Crippen molar-refractivity contribution in [3.05, 3.63) is 72.3 Å². The largest absolute Gasteiger partial charge is 0.293 e. The normalized spacial score (nSPS) is 16.5. The quantitative estimate of drug-likeness (QED) is 0.792. The Kier molecular flexibility index (Phi) is 5.25. The second kappa shape index (κ2) is 7.42. The minimum absolute atomic E-state index is 0.0133. The first-order chi connectivity index (χ1) is 12.0. The third-order valence-electron chi connectivity index (χ3n) is 4.61. The summed E-state index contributed by atoms with van der Waals surface area (Å²) in [6, 6.07) is 14.4. The Bertz CT molecular complexity index is 838. The van der Waals surface area contributed by atoms with E-state index in [1.807, 2.05) is 37.3 Å². The van der Waals surface area contributed by atoms with Crippen molar-refractivity contribution >= 4 is 15.7 Å². The maximum absolute atomic E-state index is 12.7. The lowest BCUT2D eigenvalue weighted by Crippen LogP contribution is -2.25. The van der Waals surface area contributed by atoms with E-state index in [1.54, 1.807) is 24.3 Å². The van der Waals surface area contributed by atoms with Crippen molar-refractivity contribution in [3.63, 3.8) is 0 Å². The van der Waals surface area contributed by atoms with Crippen LogP contribution in [0.15, 0.2) is 66.1 Å². The molecule has 0 amide bonds. The van der Waals surface area contributed by atoms with Gasteiger partial charge in [0.2, 0.25) is 0 Å². The summed E-state index contributed by atoms with van der Waals surface area (Å²) >= 11 is 0. The van der Waals surface area contributed by atoms with E-state index in [9.17, 15) is 8.42 Å². The molecule has 25 heavy (non-hydrogen) atoms. The predicted octanol–water partition coefficient (Wildman–Crippen LogP) is 4.12. The molecule has 2 aromatic carbocycles. The van der Waals surface area contributed by atoms with E-state index in [0.717, 1.165) is 24.2 Å². The van der Waals surface area contributed by atoms with Gasteiger partial charge in [-0.1, -0.05) is 42.0 Å². The van der Waals surface area contributed by atoms with E-state index >= 15 is 0 Å². The third kappa shape index (κ3) is 3.94. The van der Waals surface area contributed by atoms with Crippen LogP contribution in [0.4, 0.5) is 5.69 Å². The van der Waals surface area contributed by atoms with E-state index < -0.39 is 10.0 Å². The summed E-state index contributed by atoms with van der Waals surface area (Å²) in [5, 5.41) is 0. The van der Waals surface area contributed by atoms with Gasteiger partial charge in [-0.3, -0.25) is 9.62 Å². The van der Waals surface area contributed by atoms with Gasteiger partial charge < -0.3 is 0 Å². The molecule has 1 aliphatic rings. The van der Waals surface area contributed by atoms with Crippen LogP contribution >= 0.6 is 0 Å². The molecule has 0 unspecified atom stereocenters. The molecule has 5 heteroatoms. The van der Waals surface area contributed by atoms with E-state index in [0.29, 0.717) is 5.69 Å². The van der Waals surface area contributed by atoms with Crippen LogP contribution in [0.5, 0.6) is 0 Å². The van der Waals surface area contributed by atoms with Crippen LogP contribution in [0.1, 0.15) is 30.0 Å². The van der Waals surface area contributed by atoms with Crippen LogP contribution in [-0.2, 0) is 10.0 Å².